The molecule has 0 atom stereocenters. The molecule has 0 aliphatic rings. The molecule has 0 fully saturated rings. The molecule has 1 aromatic carbocycles. The van der Waals surface area contributed by atoms with E-state index in [2.05, 4.69) is 11.2 Å². The Morgan fingerprint density at radius 2 is 2.06 bits per heavy atom. The van der Waals surface area contributed by atoms with Crippen LogP contribution in [-0.4, -0.2) is 17.6 Å². The van der Waals surface area contributed by atoms with Gasteiger partial charge in [-0.05, 0) is 11.1 Å². The summed E-state index contributed by atoms with van der Waals surface area (Å²) in [5.74, 6) is 1.73. The number of benzene rings is 1. The Morgan fingerprint density at radius 1 is 1.38 bits per heavy atom. The maximum absolute atomic E-state index is 10.7. The fourth-order valence-corrected chi connectivity index (χ4v) is 1.45. The summed E-state index contributed by atoms with van der Waals surface area (Å²) in [5, 5.41) is 11.9. The maximum Gasteiger partial charge on any atom is 0.307 e. The van der Waals surface area contributed by atoms with Crippen LogP contribution in [0, 0.1) is 12.3 Å². The average molecular weight is 217 g/mol. The van der Waals surface area contributed by atoms with Gasteiger partial charge >= 0.3 is 5.97 Å². The predicted molar refractivity (Wildman–Crippen MR) is 62.9 cm³/mol. The van der Waals surface area contributed by atoms with Crippen LogP contribution < -0.4 is 5.32 Å². The SMILES string of the molecule is C#CCCNCc1ccccc1CC(=O)O. The first-order valence-electron chi connectivity index (χ1n) is 5.17. The Hall–Kier alpha value is -1.79. The van der Waals surface area contributed by atoms with E-state index in [0.717, 1.165) is 17.7 Å². The summed E-state index contributed by atoms with van der Waals surface area (Å²) < 4.78 is 0. The second-order valence-corrected chi connectivity index (χ2v) is 3.47. The van der Waals surface area contributed by atoms with Gasteiger partial charge in [0.05, 0.1) is 6.42 Å². The summed E-state index contributed by atoms with van der Waals surface area (Å²) in [5.41, 5.74) is 1.87. The van der Waals surface area contributed by atoms with Crippen LogP contribution in [0.2, 0.25) is 0 Å². The van der Waals surface area contributed by atoms with Gasteiger partial charge in [0, 0.05) is 19.5 Å². The molecule has 3 nitrogen and oxygen atoms in total. The van der Waals surface area contributed by atoms with Crippen molar-refractivity contribution in [1.82, 2.24) is 5.32 Å². The number of carboxylic acid groups (broad SMARTS) is 1. The number of terminal acetylenes is 1. The minimum atomic E-state index is -0.809. The molecule has 16 heavy (non-hydrogen) atoms. The summed E-state index contributed by atoms with van der Waals surface area (Å²) in [4.78, 5) is 10.7. The third kappa shape index (κ3) is 4.16. The Bertz CT molecular complexity index is 393. The van der Waals surface area contributed by atoms with Gasteiger partial charge in [0.1, 0.15) is 0 Å². The molecule has 0 radical (unpaired) electrons. The monoisotopic (exact) mass is 217 g/mol. The van der Waals surface area contributed by atoms with Crippen molar-refractivity contribution in [2.45, 2.75) is 19.4 Å². The molecule has 0 bridgehead atoms. The van der Waals surface area contributed by atoms with Gasteiger partial charge < -0.3 is 10.4 Å². The molecule has 0 spiro atoms. The van der Waals surface area contributed by atoms with Gasteiger partial charge in [-0.25, -0.2) is 0 Å². The third-order valence-corrected chi connectivity index (χ3v) is 2.22. The fraction of sp³-hybridized carbons (Fsp3) is 0.308. The molecule has 1 aromatic rings. The molecule has 0 unspecified atom stereocenters. The second-order valence-electron chi connectivity index (χ2n) is 3.47. The van der Waals surface area contributed by atoms with E-state index in [1.165, 1.54) is 0 Å². The van der Waals surface area contributed by atoms with Gasteiger partial charge in [-0.15, -0.1) is 12.3 Å². The second kappa shape index (κ2) is 6.65. The van der Waals surface area contributed by atoms with Crippen molar-refractivity contribution >= 4 is 5.97 Å². The van der Waals surface area contributed by atoms with Crippen molar-refractivity contribution in [3.05, 3.63) is 35.4 Å². The normalized spacial score (nSPS) is 9.69. The van der Waals surface area contributed by atoms with Crippen molar-refractivity contribution in [1.29, 1.82) is 0 Å². The molecule has 1 rings (SSSR count). The van der Waals surface area contributed by atoms with E-state index in [-0.39, 0.29) is 6.42 Å². The smallest absolute Gasteiger partial charge is 0.307 e. The summed E-state index contributed by atoms with van der Waals surface area (Å²) >= 11 is 0. The van der Waals surface area contributed by atoms with E-state index in [1.807, 2.05) is 24.3 Å². The van der Waals surface area contributed by atoms with Crippen molar-refractivity contribution < 1.29 is 9.90 Å². The van der Waals surface area contributed by atoms with Crippen molar-refractivity contribution in [3.8, 4) is 12.3 Å². The Labute approximate surface area is 95.5 Å². The molecule has 0 amide bonds. The van der Waals surface area contributed by atoms with Crippen LogP contribution in [0.3, 0.4) is 0 Å². The minimum Gasteiger partial charge on any atom is -0.481 e. The van der Waals surface area contributed by atoms with Gasteiger partial charge in [0.15, 0.2) is 0 Å². The van der Waals surface area contributed by atoms with E-state index >= 15 is 0 Å². The zero-order chi connectivity index (χ0) is 11.8. The molecule has 0 heterocycles. The summed E-state index contributed by atoms with van der Waals surface area (Å²) in [6.45, 7) is 1.41. The lowest BCUT2D eigenvalue weighted by molar-refractivity contribution is -0.136. The number of carboxylic acids is 1. The highest BCUT2D eigenvalue weighted by Crippen LogP contribution is 2.09. The Balaban J connectivity index is 2.57. The zero-order valence-corrected chi connectivity index (χ0v) is 9.07. The number of hydrogen-bond donors (Lipinski definition) is 2. The van der Waals surface area contributed by atoms with E-state index < -0.39 is 5.97 Å². The number of rotatable bonds is 6. The molecule has 0 aliphatic heterocycles. The van der Waals surface area contributed by atoms with Crippen LogP contribution in [0.4, 0.5) is 0 Å². The first kappa shape index (κ1) is 12.3. The van der Waals surface area contributed by atoms with Crippen LogP contribution in [0.25, 0.3) is 0 Å². The molecule has 0 aliphatic carbocycles. The van der Waals surface area contributed by atoms with Gasteiger partial charge in [-0.3, -0.25) is 4.79 Å². The lowest BCUT2D eigenvalue weighted by Crippen LogP contribution is -2.16. The number of carbonyl (C=O) groups is 1. The van der Waals surface area contributed by atoms with Gasteiger partial charge in [-0.2, -0.15) is 0 Å². The Morgan fingerprint density at radius 3 is 2.69 bits per heavy atom. The highest BCUT2D eigenvalue weighted by molar-refractivity contribution is 5.70. The van der Waals surface area contributed by atoms with Crippen LogP contribution in [-0.2, 0) is 17.8 Å². The van der Waals surface area contributed by atoms with Crippen LogP contribution in [0.15, 0.2) is 24.3 Å². The van der Waals surface area contributed by atoms with E-state index in [4.69, 9.17) is 11.5 Å². The molecular weight excluding hydrogens is 202 g/mol. The third-order valence-electron chi connectivity index (χ3n) is 2.22. The first-order chi connectivity index (χ1) is 7.74. The van der Waals surface area contributed by atoms with Crippen molar-refractivity contribution in [2.24, 2.45) is 0 Å². The first-order valence-corrected chi connectivity index (χ1v) is 5.17. The number of nitrogens with one attached hydrogen (secondary N) is 1. The maximum atomic E-state index is 10.7. The standard InChI is InChI=1S/C13H15NO2/c1-2-3-8-14-10-12-7-5-4-6-11(12)9-13(15)16/h1,4-7,14H,3,8-10H2,(H,15,16). The summed E-state index contributed by atoms with van der Waals surface area (Å²) in [6.07, 6.45) is 5.88. The van der Waals surface area contributed by atoms with Crippen LogP contribution >= 0.6 is 0 Å². The van der Waals surface area contributed by atoms with E-state index in [0.29, 0.717) is 13.0 Å². The highest BCUT2D eigenvalue weighted by Gasteiger charge is 2.05. The quantitative estimate of drug-likeness (QED) is 0.559. The number of aliphatic carboxylic acids is 1. The molecule has 84 valence electrons. The molecule has 2 N–H and O–H groups in total. The summed E-state index contributed by atoms with van der Waals surface area (Å²) in [6, 6.07) is 7.53. The van der Waals surface area contributed by atoms with Crippen LogP contribution in [0.5, 0.6) is 0 Å². The molecular formula is C13H15NO2. The van der Waals surface area contributed by atoms with E-state index in [9.17, 15) is 4.79 Å². The fourth-order valence-electron chi connectivity index (χ4n) is 1.45. The van der Waals surface area contributed by atoms with Crippen molar-refractivity contribution in [3.63, 3.8) is 0 Å². The molecule has 0 saturated carbocycles. The largest absolute Gasteiger partial charge is 0.481 e. The van der Waals surface area contributed by atoms with Gasteiger partial charge in [0.25, 0.3) is 0 Å². The molecule has 0 aromatic heterocycles. The van der Waals surface area contributed by atoms with E-state index in [1.54, 1.807) is 0 Å². The van der Waals surface area contributed by atoms with Crippen molar-refractivity contribution in [2.75, 3.05) is 6.54 Å². The zero-order valence-electron chi connectivity index (χ0n) is 9.07. The Kier molecular flexibility index (Phi) is 5.10. The number of hydrogen-bond acceptors (Lipinski definition) is 2. The average Bonchev–Trinajstić information content (AvgIpc) is 2.26. The summed E-state index contributed by atoms with van der Waals surface area (Å²) in [7, 11) is 0. The highest BCUT2D eigenvalue weighted by atomic mass is 16.4. The lowest BCUT2D eigenvalue weighted by Gasteiger charge is -2.08. The molecule has 3 heteroatoms. The van der Waals surface area contributed by atoms with Crippen LogP contribution in [0.1, 0.15) is 17.5 Å². The van der Waals surface area contributed by atoms with Gasteiger partial charge in [0.2, 0.25) is 0 Å². The lowest BCUT2D eigenvalue weighted by atomic mass is 10.0. The van der Waals surface area contributed by atoms with Gasteiger partial charge in [-0.1, -0.05) is 24.3 Å². The minimum absolute atomic E-state index is 0.0625. The molecule has 0 saturated heterocycles. The predicted octanol–water partition coefficient (Wildman–Crippen LogP) is 1.43. The topological polar surface area (TPSA) is 49.3 Å².